The van der Waals surface area contributed by atoms with E-state index >= 15 is 0 Å². The van der Waals surface area contributed by atoms with Crippen molar-refractivity contribution in [3.05, 3.63) is 73.9 Å². The van der Waals surface area contributed by atoms with Crippen LogP contribution in [0.3, 0.4) is 0 Å². The number of rotatable bonds is 5. The molecule has 0 saturated heterocycles. The molecule has 0 radical (unpaired) electrons. The number of nitrogens with one attached hydrogen (secondary N) is 3. The maximum Gasteiger partial charge on any atom is 0.277 e. The van der Waals surface area contributed by atoms with Gasteiger partial charge in [0.2, 0.25) is 0 Å². The average molecular weight is 447 g/mol. The molecule has 0 bridgehead atoms. The number of benzene rings is 1. The number of amides is 1. The molecule has 30 heavy (non-hydrogen) atoms. The molecule has 2 aromatic rings. The summed E-state index contributed by atoms with van der Waals surface area (Å²) in [6, 6.07) is 8.34. The number of pyridine rings is 1. The highest BCUT2D eigenvalue weighted by Gasteiger charge is 2.43. The van der Waals surface area contributed by atoms with E-state index in [1.807, 2.05) is 0 Å². The Hall–Kier alpha value is -3.10. The Morgan fingerprint density at radius 3 is 2.63 bits per heavy atom. The molecule has 1 amide bonds. The van der Waals surface area contributed by atoms with Crippen LogP contribution < -0.4 is 21.5 Å². The molecule has 1 aromatic heterocycles. The lowest BCUT2D eigenvalue weighted by atomic mass is 10.0. The first-order chi connectivity index (χ1) is 14.2. The molecule has 1 unspecified atom stereocenters. The third kappa shape index (κ3) is 3.71. The Labute approximate surface area is 183 Å². The van der Waals surface area contributed by atoms with Crippen LogP contribution in [-0.4, -0.2) is 37.1 Å². The first-order valence-electron chi connectivity index (χ1n) is 8.89. The highest BCUT2D eigenvalue weighted by atomic mass is 35.5. The third-order valence-electron chi connectivity index (χ3n) is 4.76. The number of aliphatic imine (C=N–C) groups is 2. The molecule has 156 valence electrons. The number of halogens is 2. The van der Waals surface area contributed by atoms with Gasteiger partial charge in [0.1, 0.15) is 28.7 Å². The van der Waals surface area contributed by atoms with Crippen molar-refractivity contribution in [1.29, 1.82) is 0 Å². The Balaban J connectivity index is 2.18. The normalized spacial score (nSPS) is 18.6. The van der Waals surface area contributed by atoms with Crippen LogP contribution in [0.5, 0.6) is 0 Å². The van der Waals surface area contributed by atoms with E-state index in [9.17, 15) is 9.59 Å². The van der Waals surface area contributed by atoms with E-state index in [-0.39, 0.29) is 16.4 Å². The van der Waals surface area contributed by atoms with Crippen LogP contribution in [0, 0.1) is 0 Å². The van der Waals surface area contributed by atoms with Gasteiger partial charge in [-0.2, -0.15) is 0 Å². The van der Waals surface area contributed by atoms with Crippen LogP contribution >= 0.6 is 23.2 Å². The molecule has 2 heterocycles. The predicted molar refractivity (Wildman–Crippen MR) is 121 cm³/mol. The minimum absolute atomic E-state index is 0.0771. The fourth-order valence-electron chi connectivity index (χ4n) is 3.27. The topological polar surface area (TPSA) is 99.9 Å². The predicted octanol–water partition coefficient (Wildman–Crippen LogP) is 2.82. The Bertz CT molecular complexity index is 1150. The zero-order valence-electron chi connectivity index (χ0n) is 16.6. The van der Waals surface area contributed by atoms with Gasteiger partial charge in [-0.15, -0.1) is 0 Å². The summed E-state index contributed by atoms with van der Waals surface area (Å²) in [5.74, 6) is 0.352. The molecule has 0 saturated carbocycles. The largest absolute Gasteiger partial charge is 0.375 e. The van der Waals surface area contributed by atoms with E-state index in [4.69, 9.17) is 23.2 Å². The molecule has 0 spiro atoms. The molecule has 10 heteroatoms. The van der Waals surface area contributed by atoms with Gasteiger partial charge in [-0.1, -0.05) is 35.3 Å². The monoisotopic (exact) mass is 446 g/mol. The molecule has 3 N–H and O–H groups in total. The highest BCUT2D eigenvalue weighted by Crippen LogP contribution is 2.34. The van der Waals surface area contributed by atoms with Gasteiger partial charge in [-0.05, 0) is 37.4 Å². The molecular formula is C20H20Cl2N6O2. The number of carbonyl (C=O) groups is 1. The van der Waals surface area contributed by atoms with Crippen molar-refractivity contribution in [2.24, 2.45) is 9.98 Å². The number of aromatic nitrogens is 1. The fourth-order valence-corrected chi connectivity index (χ4v) is 3.74. The van der Waals surface area contributed by atoms with Crippen LogP contribution in [0.1, 0.15) is 23.0 Å². The molecule has 8 nitrogen and oxygen atoms in total. The second-order valence-corrected chi connectivity index (χ2v) is 7.45. The van der Waals surface area contributed by atoms with Gasteiger partial charge in [0.25, 0.3) is 11.5 Å². The number of carbonyl (C=O) groups excluding carboxylic acids is 1. The summed E-state index contributed by atoms with van der Waals surface area (Å²) < 4.78 is 1.33. The summed E-state index contributed by atoms with van der Waals surface area (Å²) >= 11 is 12.5. The molecule has 1 aliphatic heterocycles. The number of nitrogens with zero attached hydrogens (tertiary/aromatic N) is 3. The first-order valence-corrected chi connectivity index (χ1v) is 9.65. The summed E-state index contributed by atoms with van der Waals surface area (Å²) in [4.78, 5) is 33.8. The minimum Gasteiger partial charge on any atom is -0.375 e. The SMILES string of the molecule is C=NC(C=C(NC)Nc1cc(Cl)c2n(c1=O)C(C)(c1cccc(Cl)c1)NC2=O)=NC. The Kier molecular flexibility index (Phi) is 6.00. The summed E-state index contributed by atoms with van der Waals surface area (Å²) in [7, 11) is 3.24. The van der Waals surface area contributed by atoms with Gasteiger partial charge < -0.3 is 16.0 Å². The van der Waals surface area contributed by atoms with E-state index in [1.165, 1.54) is 10.6 Å². The molecule has 1 aromatic carbocycles. The van der Waals surface area contributed by atoms with Crippen molar-refractivity contribution in [1.82, 2.24) is 15.2 Å². The Morgan fingerprint density at radius 2 is 2.03 bits per heavy atom. The fraction of sp³-hybridized carbons (Fsp3) is 0.200. The van der Waals surface area contributed by atoms with E-state index in [2.05, 4.69) is 32.7 Å². The van der Waals surface area contributed by atoms with Crippen molar-refractivity contribution in [3.63, 3.8) is 0 Å². The van der Waals surface area contributed by atoms with Crippen molar-refractivity contribution < 1.29 is 4.79 Å². The van der Waals surface area contributed by atoms with E-state index < -0.39 is 17.1 Å². The second-order valence-electron chi connectivity index (χ2n) is 6.60. The summed E-state index contributed by atoms with van der Waals surface area (Å²) in [6.45, 7) is 5.16. The lowest BCUT2D eigenvalue weighted by Gasteiger charge is -2.28. The second kappa shape index (κ2) is 8.33. The van der Waals surface area contributed by atoms with Gasteiger partial charge in [0.15, 0.2) is 0 Å². The number of amidine groups is 1. The minimum atomic E-state index is -1.17. The molecule has 0 aliphatic carbocycles. The smallest absolute Gasteiger partial charge is 0.277 e. The van der Waals surface area contributed by atoms with Gasteiger partial charge in [-0.3, -0.25) is 19.1 Å². The molecule has 1 atom stereocenters. The quantitative estimate of drug-likeness (QED) is 0.485. The van der Waals surface area contributed by atoms with Crippen LogP contribution in [0.2, 0.25) is 10.0 Å². The number of anilines is 1. The van der Waals surface area contributed by atoms with Gasteiger partial charge >= 0.3 is 0 Å². The summed E-state index contributed by atoms with van der Waals surface area (Å²) in [6.07, 6.45) is 1.58. The van der Waals surface area contributed by atoms with Crippen LogP contribution in [0.15, 0.2) is 57.0 Å². The van der Waals surface area contributed by atoms with Crippen molar-refractivity contribution in [2.45, 2.75) is 12.6 Å². The zero-order chi connectivity index (χ0) is 22.1. The number of fused-ring (bicyclic) bond motifs is 1. The average Bonchev–Trinajstić information content (AvgIpc) is 3.01. The van der Waals surface area contributed by atoms with Gasteiger partial charge in [-0.25, -0.2) is 4.99 Å². The third-order valence-corrected chi connectivity index (χ3v) is 5.29. The first kappa shape index (κ1) is 21.6. The van der Waals surface area contributed by atoms with Gasteiger partial charge in [0.05, 0.1) is 5.02 Å². The summed E-state index contributed by atoms with van der Waals surface area (Å²) in [5.41, 5.74) is -0.740. The van der Waals surface area contributed by atoms with Crippen molar-refractivity contribution >= 4 is 47.3 Å². The van der Waals surface area contributed by atoms with Gasteiger partial charge in [0, 0.05) is 25.2 Å². The van der Waals surface area contributed by atoms with Crippen molar-refractivity contribution in [3.8, 4) is 0 Å². The molecule has 1 aliphatic rings. The lowest BCUT2D eigenvalue weighted by Crippen LogP contribution is -2.46. The standard InChI is InChI=1S/C20H20Cl2N6O2/c1-20(11-6-5-7-12(21)8-11)27-18(29)17-13(22)9-14(19(30)28(17)20)26-16(25-4)10-15(23-2)24-3/h5-10,25-26H,2H2,1,3-4H3,(H,27,29). The van der Waals surface area contributed by atoms with E-state index in [1.54, 1.807) is 51.4 Å². The zero-order valence-corrected chi connectivity index (χ0v) is 18.1. The Morgan fingerprint density at radius 1 is 1.30 bits per heavy atom. The van der Waals surface area contributed by atoms with Crippen LogP contribution in [0.4, 0.5) is 5.69 Å². The number of hydrogen-bond acceptors (Lipinski definition) is 5. The van der Waals surface area contributed by atoms with E-state index in [0.29, 0.717) is 22.2 Å². The number of hydrogen-bond donors (Lipinski definition) is 3. The van der Waals surface area contributed by atoms with Crippen molar-refractivity contribution in [2.75, 3.05) is 19.4 Å². The molecule has 0 fully saturated rings. The van der Waals surface area contributed by atoms with Crippen LogP contribution in [-0.2, 0) is 5.66 Å². The molecular weight excluding hydrogens is 427 g/mol. The maximum atomic E-state index is 13.4. The highest BCUT2D eigenvalue weighted by molar-refractivity contribution is 6.34. The lowest BCUT2D eigenvalue weighted by molar-refractivity contribution is 0.0941. The summed E-state index contributed by atoms with van der Waals surface area (Å²) in [5, 5.41) is 9.36. The van der Waals surface area contributed by atoms with Crippen LogP contribution in [0.25, 0.3) is 0 Å². The maximum absolute atomic E-state index is 13.4. The van der Waals surface area contributed by atoms with E-state index in [0.717, 1.165) is 0 Å². The molecule has 3 rings (SSSR count).